The minimum absolute atomic E-state index is 0.153. The molecule has 1 heterocycles. The van der Waals surface area contributed by atoms with Crippen LogP contribution in [0.3, 0.4) is 0 Å². The summed E-state index contributed by atoms with van der Waals surface area (Å²) < 4.78 is 5.72. The fourth-order valence-electron chi connectivity index (χ4n) is 4.30. The van der Waals surface area contributed by atoms with Crippen LogP contribution in [0.1, 0.15) is 50.4 Å². The van der Waals surface area contributed by atoms with Crippen molar-refractivity contribution < 1.29 is 9.53 Å². The van der Waals surface area contributed by atoms with Crippen LogP contribution in [0, 0.1) is 23.7 Å². The number of piperidine rings is 1. The summed E-state index contributed by atoms with van der Waals surface area (Å²) in [5.74, 6) is 7.14. The lowest BCUT2D eigenvalue weighted by Gasteiger charge is -2.40. The zero-order valence-corrected chi connectivity index (χ0v) is 17.7. The van der Waals surface area contributed by atoms with E-state index in [2.05, 4.69) is 35.9 Å². The highest BCUT2D eigenvalue weighted by Crippen LogP contribution is 2.38. The van der Waals surface area contributed by atoms with Crippen LogP contribution >= 0.6 is 11.6 Å². The number of carbonyl (C=O) groups excluding carboxylic acids is 1. The van der Waals surface area contributed by atoms with Gasteiger partial charge in [-0.15, -0.1) is 5.92 Å². The first-order chi connectivity index (χ1) is 13.4. The van der Waals surface area contributed by atoms with E-state index in [1.165, 1.54) is 0 Å². The van der Waals surface area contributed by atoms with Gasteiger partial charge in [0, 0.05) is 37.7 Å². The van der Waals surface area contributed by atoms with Crippen molar-refractivity contribution in [3.05, 3.63) is 22.7 Å². The van der Waals surface area contributed by atoms with Gasteiger partial charge in [0.2, 0.25) is 0 Å². The van der Waals surface area contributed by atoms with Crippen LogP contribution in [0.15, 0.2) is 12.1 Å². The summed E-state index contributed by atoms with van der Waals surface area (Å²) in [6, 6.07) is 3.95. The van der Waals surface area contributed by atoms with E-state index < -0.39 is 0 Å². The van der Waals surface area contributed by atoms with E-state index in [1.807, 2.05) is 6.92 Å². The number of anilines is 1. The van der Waals surface area contributed by atoms with E-state index in [0.29, 0.717) is 39.9 Å². The van der Waals surface area contributed by atoms with Crippen LogP contribution in [0.25, 0.3) is 0 Å². The third-order valence-corrected chi connectivity index (χ3v) is 6.16. The number of benzene rings is 1. The number of ether oxygens (including phenoxy) is 1. The molecule has 6 heteroatoms. The van der Waals surface area contributed by atoms with Crippen molar-refractivity contribution >= 4 is 23.2 Å². The Balaban J connectivity index is 1.74. The number of halogens is 1. The van der Waals surface area contributed by atoms with Gasteiger partial charge in [0.25, 0.3) is 5.91 Å². The first-order valence-electron chi connectivity index (χ1n) is 10.1. The van der Waals surface area contributed by atoms with Gasteiger partial charge in [0.1, 0.15) is 12.4 Å². The average molecular weight is 404 g/mol. The van der Waals surface area contributed by atoms with Crippen LogP contribution in [0.2, 0.25) is 5.02 Å². The molecular formula is C22H30ClN3O2. The normalized spacial score (nSPS) is 24.0. The van der Waals surface area contributed by atoms with Crippen molar-refractivity contribution in [1.82, 2.24) is 10.2 Å². The Kier molecular flexibility index (Phi) is 6.74. The number of likely N-dealkylation sites (tertiary alicyclic amines) is 1. The summed E-state index contributed by atoms with van der Waals surface area (Å²) in [5, 5.41) is 3.62. The lowest BCUT2D eigenvalue weighted by atomic mass is 9.91. The summed E-state index contributed by atoms with van der Waals surface area (Å²) in [5.41, 5.74) is 6.73. The summed E-state index contributed by atoms with van der Waals surface area (Å²) in [6.07, 6.45) is 3.09. The lowest BCUT2D eigenvalue weighted by molar-refractivity contribution is 0.0776. The van der Waals surface area contributed by atoms with Crippen LogP contribution in [-0.2, 0) is 0 Å². The molecular weight excluding hydrogens is 374 g/mol. The Bertz CT molecular complexity index is 770. The van der Waals surface area contributed by atoms with Gasteiger partial charge in [-0.05, 0) is 44.6 Å². The molecule has 1 aromatic carbocycles. The molecule has 1 saturated heterocycles. The number of nitrogens with two attached hydrogens (primary N) is 1. The molecule has 1 saturated carbocycles. The van der Waals surface area contributed by atoms with Crippen molar-refractivity contribution in [2.24, 2.45) is 11.8 Å². The molecule has 2 aliphatic rings. The molecule has 1 aliphatic carbocycles. The molecule has 0 spiro atoms. The van der Waals surface area contributed by atoms with Gasteiger partial charge in [-0.1, -0.05) is 24.4 Å². The van der Waals surface area contributed by atoms with Gasteiger partial charge in [-0.3, -0.25) is 4.79 Å². The Labute approximate surface area is 172 Å². The van der Waals surface area contributed by atoms with Crippen molar-refractivity contribution in [1.29, 1.82) is 0 Å². The van der Waals surface area contributed by atoms with E-state index in [9.17, 15) is 4.79 Å². The van der Waals surface area contributed by atoms with E-state index in [-0.39, 0.29) is 18.6 Å². The maximum absolute atomic E-state index is 13.1. The highest BCUT2D eigenvalue weighted by molar-refractivity contribution is 6.33. The molecule has 152 valence electrons. The fourth-order valence-corrected chi connectivity index (χ4v) is 4.46. The number of fused-ring (bicyclic) bond motifs is 2. The standard InChI is InChI=1S/C22H30ClN3O2/c1-4-5-6-9-28-20-11-19(24)18(23)10-17(20)22(27)25-21-15-7-8-16(21)13-26(12-15)14(2)3/h10-11,14-16,21H,4,7-9,12-13,24H2,1-3H3,(H,25,27). The molecule has 2 atom stereocenters. The molecule has 1 amide bonds. The highest BCUT2D eigenvalue weighted by Gasteiger charge is 2.43. The fraction of sp³-hybridized carbons (Fsp3) is 0.591. The summed E-state index contributed by atoms with van der Waals surface area (Å²) in [4.78, 5) is 15.6. The first kappa shape index (κ1) is 20.8. The van der Waals surface area contributed by atoms with Crippen molar-refractivity contribution in [3.63, 3.8) is 0 Å². The number of nitrogen functional groups attached to an aromatic ring is 1. The number of nitrogens with zero attached hydrogens (tertiary/aromatic N) is 1. The molecule has 28 heavy (non-hydrogen) atoms. The second-order valence-corrected chi connectivity index (χ2v) is 8.42. The molecule has 5 nitrogen and oxygen atoms in total. The number of hydrogen-bond acceptors (Lipinski definition) is 4. The van der Waals surface area contributed by atoms with E-state index >= 15 is 0 Å². The van der Waals surface area contributed by atoms with Gasteiger partial charge < -0.3 is 20.7 Å². The molecule has 2 fully saturated rings. The third-order valence-electron chi connectivity index (χ3n) is 5.84. The largest absolute Gasteiger partial charge is 0.480 e. The number of hydrogen-bond donors (Lipinski definition) is 2. The molecule has 3 N–H and O–H groups in total. The van der Waals surface area contributed by atoms with E-state index in [4.69, 9.17) is 22.1 Å². The van der Waals surface area contributed by atoms with Gasteiger partial charge >= 0.3 is 0 Å². The maximum atomic E-state index is 13.1. The topological polar surface area (TPSA) is 67.6 Å². The lowest BCUT2D eigenvalue weighted by Crippen LogP contribution is -2.54. The molecule has 0 radical (unpaired) electrons. The third kappa shape index (κ3) is 4.56. The Morgan fingerprint density at radius 2 is 2.00 bits per heavy atom. The minimum atomic E-state index is -0.153. The quantitative estimate of drug-likeness (QED) is 0.582. The molecule has 2 bridgehead atoms. The van der Waals surface area contributed by atoms with Crippen molar-refractivity contribution in [2.75, 3.05) is 25.4 Å². The Hall–Kier alpha value is -1.90. The maximum Gasteiger partial charge on any atom is 0.255 e. The Morgan fingerprint density at radius 3 is 2.61 bits per heavy atom. The van der Waals surface area contributed by atoms with Crippen molar-refractivity contribution in [2.45, 2.75) is 52.1 Å². The van der Waals surface area contributed by atoms with Gasteiger partial charge in [0.15, 0.2) is 0 Å². The predicted molar refractivity (Wildman–Crippen MR) is 114 cm³/mol. The second-order valence-electron chi connectivity index (χ2n) is 8.01. The van der Waals surface area contributed by atoms with Gasteiger partial charge in [-0.2, -0.15) is 0 Å². The molecule has 2 unspecified atom stereocenters. The van der Waals surface area contributed by atoms with Crippen LogP contribution in [0.4, 0.5) is 5.69 Å². The SMILES string of the molecule is CCC#CCOc1cc(N)c(Cl)cc1C(=O)NC1C2CCC1CN(C(C)C)C2. The Morgan fingerprint density at radius 1 is 1.32 bits per heavy atom. The second kappa shape index (κ2) is 9.07. The number of rotatable bonds is 5. The summed E-state index contributed by atoms with van der Waals surface area (Å²) in [6.45, 7) is 8.74. The smallest absolute Gasteiger partial charge is 0.255 e. The number of carbonyl (C=O) groups is 1. The minimum Gasteiger partial charge on any atom is -0.480 e. The van der Waals surface area contributed by atoms with Crippen LogP contribution in [0.5, 0.6) is 5.75 Å². The molecule has 0 aromatic heterocycles. The highest BCUT2D eigenvalue weighted by atomic mass is 35.5. The number of nitrogens with one attached hydrogen (secondary N) is 1. The number of amides is 1. The van der Waals surface area contributed by atoms with E-state index in [1.54, 1.807) is 12.1 Å². The summed E-state index contributed by atoms with van der Waals surface area (Å²) in [7, 11) is 0. The molecule has 1 aromatic rings. The van der Waals surface area contributed by atoms with Crippen LogP contribution < -0.4 is 15.8 Å². The zero-order valence-electron chi connectivity index (χ0n) is 16.9. The first-order valence-corrected chi connectivity index (χ1v) is 10.5. The van der Waals surface area contributed by atoms with Gasteiger partial charge in [0.05, 0.1) is 16.3 Å². The average Bonchev–Trinajstić information content (AvgIpc) is 2.88. The monoisotopic (exact) mass is 403 g/mol. The molecule has 3 rings (SSSR count). The summed E-state index contributed by atoms with van der Waals surface area (Å²) >= 11 is 6.18. The van der Waals surface area contributed by atoms with Gasteiger partial charge in [-0.25, -0.2) is 0 Å². The zero-order chi connectivity index (χ0) is 20.3. The van der Waals surface area contributed by atoms with Crippen LogP contribution in [-0.4, -0.2) is 42.6 Å². The molecule has 1 aliphatic heterocycles. The van der Waals surface area contributed by atoms with Crippen molar-refractivity contribution in [3.8, 4) is 17.6 Å². The predicted octanol–water partition coefficient (Wildman–Crippen LogP) is 3.56. The van der Waals surface area contributed by atoms with E-state index in [0.717, 1.165) is 32.4 Å².